The lowest BCUT2D eigenvalue weighted by Gasteiger charge is -2.10. The van der Waals surface area contributed by atoms with Crippen molar-refractivity contribution < 1.29 is 28.9 Å². The number of carbonyl (C=O) groups is 2. The summed E-state index contributed by atoms with van der Waals surface area (Å²) in [4.78, 5) is 22.5. The number of esters is 2. The minimum Gasteiger partial charge on any atom is -0.507 e. The molecule has 0 aliphatic carbocycles. The molecule has 0 aromatic heterocycles. The van der Waals surface area contributed by atoms with E-state index in [4.69, 9.17) is 14.2 Å². The predicted molar refractivity (Wildman–Crippen MR) is 64.0 cm³/mol. The van der Waals surface area contributed by atoms with Crippen molar-refractivity contribution in [2.75, 3.05) is 13.7 Å². The van der Waals surface area contributed by atoms with E-state index in [1.54, 1.807) is 0 Å². The van der Waals surface area contributed by atoms with Crippen molar-refractivity contribution >= 4 is 11.9 Å². The van der Waals surface area contributed by atoms with E-state index in [1.807, 2.05) is 0 Å². The number of rotatable bonds is 4. The van der Waals surface area contributed by atoms with Crippen LogP contribution in [0.1, 0.15) is 10.4 Å². The molecule has 0 radical (unpaired) electrons. The normalized spacial score (nSPS) is 17.1. The number of aromatic hydroxyl groups is 1. The van der Waals surface area contributed by atoms with Gasteiger partial charge in [0.2, 0.25) is 0 Å². The number of hydrogen-bond acceptors (Lipinski definition) is 6. The maximum atomic E-state index is 11.7. The number of carbonyl (C=O) groups excluding carboxylic acids is 2. The van der Waals surface area contributed by atoms with Crippen LogP contribution < -0.4 is 4.74 Å². The SMILES string of the molecule is COc1ccc(C(=O)OC[C@@H]2C=CC(=O)O2)c(O)c1. The molecule has 0 saturated carbocycles. The molecular formula is C13H12O6. The quantitative estimate of drug-likeness (QED) is 0.818. The molecule has 1 atom stereocenters. The van der Waals surface area contributed by atoms with Gasteiger partial charge in [-0.3, -0.25) is 0 Å². The summed E-state index contributed by atoms with van der Waals surface area (Å²) < 4.78 is 14.7. The first-order valence-electron chi connectivity index (χ1n) is 5.53. The summed E-state index contributed by atoms with van der Waals surface area (Å²) in [5.74, 6) is -0.963. The highest BCUT2D eigenvalue weighted by molar-refractivity contribution is 5.92. The fourth-order valence-corrected chi connectivity index (χ4v) is 1.55. The Morgan fingerprint density at radius 2 is 2.26 bits per heavy atom. The standard InChI is InChI=1S/C13H12O6/c1-17-8-2-4-10(11(14)6-8)13(16)18-7-9-3-5-12(15)19-9/h2-6,9,14H,7H2,1H3/t9-/m0/s1. The lowest BCUT2D eigenvalue weighted by Crippen LogP contribution is -2.18. The van der Waals surface area contributed by atoms with Crippen LogP contribution in [0.15, 0.2) is 30.4 Å². The largest absolute Gasteiger partial charge is 0.507 e. The molecule has 100 valence electrons. The molecule has 1 aliphatic rings. The topological polar surface area (TPSA) is 82.1 Å². The molecule has 1 aromatic carbocycles. The molecule has 6 heteroatoms. The van der Waals surface area contributed by atoms with Gasteiger partial charge in [0.25, 0.3) is 0 Å². The van der Waals surface area contributed by atoms with Crippen molar-refractivity contribution in [3.63, 3.8) is 0 Å². The summed E-state index contributed by atoms with van der Waals surface area (Å²) in [6, 6.07) is 4.24. The number of cyclic esters (lactones) is 1. The van der Waals surface area contributed by atoms with Gasteiger partial charge in [0, 0.05) is 12.1 Å². The Balaban J connectivity index is 1.96. The molecule has 6 nitrogen and oxygen atoms in total. The fourth-order valence-electron chi connectivity index (χ4n) is 1.55. The van der Waals surface area contributed by atoms with Crippen molar-refractivity contribution in [1.82, 2.24) is 0 Å². The van der Waals surface area contributed by atoms with Gasteiger partial charge in [-0.2, -0.15) is 0 Å². The van der Waals surface area contributed by atoms with Crippen LogP contribution in [0.5, 0.6) is 11.5 Å². The Morgan fingerprint density at radius 3 is 2.84 bits per heavy atom. The Morgan fingerprint density at radius 1 is 1.47 bits per heavy atom. The molecule has 1 N–H and O–H groups in total. The molecule has 0 saturated heterocycles. The summed E-state index contributed by atoms with van der Waals surface area (Å²) in [5.41, 5.74) is 0.0223. The van der Waals surface area contributed by atoms with Crippen molar-refractivity contribution in [2.24, 2.45) is 0 Å². The minimum atomic E-state index is -0.698. The van der Waals surface area contributed by atoms with Crippen molar-refractivity contribution in [3.8, 4) is 11.5 Å². The van der Waals surface area contributed by atoms with Gasteiger partial charge in [-0.05, 0) is 18.2 Å². The Bertz CT molecular complexity index is 534. The number of benzene rings is 1. The van der Waals surface area contributed by atoms with Crippen molar-refractivity contribution in [2.45, 2.75) is 6.10 Å². The van der Waals surface area contributed by atoms with Gasteiger partial charge >= 0.3 is 11.9 Å². The molecule has 0 amide bonds. The molecule has 2 rings (SSSR count). The molecule has 0 unspecified atom stereocenters. The zero-order valence-electron chi connectivity index (χ0n) is 10.2. The van der Waals surface area contributed by atoms with E-state index in [0.29, 0.717) is 5.75 Å². The Hall–Kier alpha value is -2.50. The highest BCUT2D eigenvalue weighted by atomic mass is 16.6. The highest BCUT2D eigenvalue weighted by Crippen LogP contribution is 2.24. The van der Waals surface area contributed by atoms with Gasteiger partial charge in [-0.15, -0.1) is 0 Å². The number of methoxy groups -OCH3 is 1. The average molecular weight is 264 g/mol. The second-order valence-corrected chi connectivity index (χ2v) is 3.82. The summed E-state index contributed by atoms with van der Waals surface area (Å²) in [5, 5.41) is 9.65. The van der Waals surface area contributed by atoms with Gasteiger partial charge in [0.15, 0.2) is 6.10 Å². The summed E-state index contributed by atoms with van der Waals surface area (Å²) in [6.07, 6.45) is 2.20. The number of ether oxygens (including phenoxy) is 3. The third-order valence-corrected chi connectivity index (χ3v) is 2.52. The zero-order chi connectivity index (χ0) is 13.8. The predicted octanol–water partition coefficient (Wildman–Crippen LogP) is 1.04. The lowest BCUT2D eigenvalue weighted by atomic mass is 10.2. The number of phenolic OH excluding ortho intramolecular Hbond substituents is 1. The smallest absolute Gasteiger partial charge is 0.342 e. The monoisotopic (exact) mass is 264 g/mol. The molecule has 1 heterocycles. The van der Waals surface area contributed by atoms with Crippen LogP contribution in [0.25, 0.3) is 0 Å². The summed E-state index contributed by atoms with van der Waals surface area (Å²) in [6.45, 7) is -0.0907. The Labute approximate surface area is 109 Å². The lowest BCUT2D eigenvalue weighted by molar-refractivity contribution is -0.140. The minimum absolute atomic E-state index is 0.0223. The van der Waals surface area contributed by atoms with E-state index in [9.17, 15) is 14.7 Å². The number of phenols is 1. The average Bonchev–Trinajstić information content (AvgIpc) is 2.81. The van der Waals surface area contributed by atoms with Crippen LogP contribution in [0.4, 0.5) is 0 Å². The van der Waals surface area contributed by atoms with E-state index >= 15 is 0 Å². The maximum Gasteiger partial charge on any atom is 0.342 e. The molecule has 0 bridgehead atoms. The maximum absolute atomic E-state index is 11.7. The number of hydrogen-bond donors (Lipinski definition) is 1. The highest BCUT2D eigenvalue weighted by Gasteiger charge is 2.20. The second-order valence-electron chi connectivity index (χ2n) is 3.82. The van der Waals surface area contributed by atoms with Crippen molar-refractivity contribution in [1.29, 1.82) is 0 Å². The first-order chi connectivity index (χ1) is 9.10. The molecular weight excluding hydrogens is 252 g/mol. The summed E-state index contributed by atoms with van der Waals surface area (Å²) >= 11 is 0. The van der Waals surface area contributed by atoms with Gasteiger partial charge in [0.1, 0.15) is 23.7 Å². The molecule has 1 aliphatic heterocycles. The van der Waals surface area contributed by atoms with Crippen LogP contribution in [0, 0.1) is 0 Å². The van der Waals surface area contributed by atoms with Gasteiger partial charge in [-0.25, -0.2) is 9.59 Å². The second kappa shape index (κ2) is 5.43. The first kappa shape index (κ1) is 12.9. The van der Waals surface area contributed by atoms with E-state index in [1.165, 1.54) is 37.5 Å². The van der Waals surface area contributed by atoms with Gasteiger partial charge in [0.05, 0.1) is 7.11 Å². The third kappa shape index (κ3) is 3.04. The van der Waals surface area contributed by atoms with E-state index in [-0.39, 0.29) is 17.9 Å². The zero-order valence-corrected chi connectivity index (χ0v) is 10.2. The van der Waals surface area contributed by atoms with E-state index in [2.05, 4.69) is 0 Å². The van der Waals surface area contributed by atoms with Crippen LogP contribution in [0.3, 0.4) is 0 Å². The molecule has 19 heavy (non-hydrogen) atoms. The third-order valence-electron chi connectivity index (χ3n) is 2.52. The van der Waals surface area contributed by atoms with Gasteiger partial charge < -0.3 is 19.3 Å². The molecule has 1 aromatic rings. The van der Waals surface area contributed by atoms with Crippen LogP contribution in [0.2, 0.25) is 0 Å². The summed E-state index contributed by atoms with van der Waals surface area (Å²) in [7, 11) is 1.45. The molecule has 0 spiro atoms. The van der Waals surface area contributed by atoms with Crippen LogP contribution in [-0.4, -0.2) is 36.9 Å². The van der Waals surface area contributed by atoms with Crippen LogP contribution in [-0.2, 0) is 14.3 Å². The molecule has 0 fully saturated rings. The first-order valence-corrected chi connectivity index (χ1v) is 5.53. The van der Waals surface area contributed by atoms with Gasteiger partial charge in [-0.1, -0.05) is 0 Å². The fraction of sp³-hybridized carbons (Fsp3) is 0.231. The van der Waals surface area contributed by atoms with E-state index < -0.39 is 18.0 Å². The Kier molecular flexibility index (Phi) is 3.70. The van der Waals surface area contributed by atoms with Crippen molar-refractivity contribution in [3.05, 3.63) is 35.9 Å². The van der Waals surface area contributed by atoms with E-state index in [0.717, 1.165) is 0 Å². The van der Waals surface area contributed by atoms with Crippen LogP contribution >= 0.6 is 0 Å².